The summed E-state index contributed by atoms with van der Waals surface area (Å²) >= 11 is 0. The molecule has 0 radical (unpaired) electrons. The van der Waals surface area contributed by atoms with E-state index >= 15 is 0 Å². The molecule has 1 N–H and O–H groups in total. The minimum absolute atomic E-state index is 0.0784. The number of alkyl halides is 3. The molecule has 2 nitrogen and oxygen atoms in total. The maximum Gasteiger partial charge on any atom is 0.416 e. The van der Waals surface area contributed by atoms with Crippen molar-refractivity contribution >= 4 is 11.5 Å². The molecule has 0 aliphatic rings. The molecule has 0 spiro atoms. The first kappa shape index (κ1) is 15.8. The van der Waals surface area contributed by atoms with Crippen molar-refractivity contribution in [1.82, 2.24) is 5.32 Å². The van der Waals surface area contributed by atoms with Crippen LogP contribution in [0.25, 0.3) is 5.57 Å². The molecular formula is C17H14F3NO. The normalized spacial score (nSPS) is 11.0. The predicted molar refractivity (Wildman–Crippen MR) is 79.3 cm³/mol. The van der Waals surface area contributed by atoms with Crippen LogP contribution < -0.4 is 5.32 Å². The van der Waals surface area contributed by atoms with Gasteiger partial charge >= 0.3 is 6.18 Å². The van der Waals surface area contributed by atoms with Crippen LogP contribution in [0.15, 0.2) is 61.2 Å². The van der Waals surface area contributed by atoms with Crippen molar-refractivity contribution < 1.29 is 18.0 Å². The van der Waals surface area contributed by atoms with Gasteiger partial charge in [0.1, 0.15) is 0 Å². The first-order chi connectivity index (χ1) is 10.4. The van der Waals surface area contributed by atoms with Crippen LogP contribution in [-0.4, -0.2) is 12.5 Å². The third kappa shape index (κ3) is 3.97. The second-order valence-corrected chi connectivity index (χ2v) is 4.73. The van der Waals surface area contributed by atoms with E-state index in [1.165, 1.54) is 12.1 Å². The summed E-state index contributed by atoms with van der Waals surface area (Å²) in [5.74, 6) is -0.297. The van der Waals surface area contributed by atoms with Gasteiger partial charge in [-0.05, 0) is 35.4 Å². The number of benzene rings is 2. The number of carbonyl (C=O) groups excluding carboxylic acids is 1. The lowest BCUT2D eigenvalue weighted by atomic mass is 10.0. The van der Waals surface area contributed by atoms with E-state index in [4.69, 9.17) is 0 Å². The van der Waals surface area contributed by atoms with Crippen LogP contribution in [-0.2, 0) is 6.18 Å². The summed E-state index contributed by atoms with van der Waals surface area (Å²) in [5, 5.41) is 2.64. The molecule has 0 bridgehead atoms. The Morgan fingerprint density at radius 2 is 1.64 bits per heavy atom. The summed E-state index contributed by atoms with van der Waals surface area (Å²) < 4.78 is 38.0. The second kappa shape index (κ2) is 6.47. The van der Waals surface area contributed by atoms with Gasteiger partial charge in [-0.15, -0.1) is 0 Å². The summed E-state index contributed by atoms with van der Waals surface area (Å²) in [6.07, 6.45) is -4.40. The number of amides is 1. The summed E-state index contributed by atoms with van der Waals surface area (Å²) in [6.45, 7) is 3.81. The van der Waals surface area contributed by atoms with Gasteiger partial charge in [0.15, 0.2) is 0 Å². The van der Waals surface area contributed by atoms with Gasteiger partial charge in [0, 0.05) is 12.1 Å². The highest BCUT2D eigenvalue weighted by Gasteiger charge is 2.30. The van der Waals surface area contributed by atoms with E-state index in [-0.39, 0.29) is 12.5 Å². The topological polar surface area (TPSA) is 29.1 Å². The third-order valence-electron chi connectivity index (χ3n) is 3.10. The Morgan fingerprint density at radius 1 is 1.00 bits per heavy atom. The highest BCUT2D eigenvalue weighted by Crippen LogP contribution is 2.30. The van der Waals surface area contributed by atoms with E-state index < -0.39 is 11.7 Å². The number of halogens is 3. The standard InChI is InChI=1S/C17H14F3NO/c1-12(11-21-16(22)13-6-3-2-4-7-13)14-8-5-9-15(10-14)17(18,19)20/h2-10H,1,11H2,(H,21,22). The van der Waals surface area contributed by atoms with Gasteiger partial charge in [-0.3, -0.25) is 4.79 Å². The van der Waals surface area contributed by atoms with Crippen molar-refractivity contribution in [2.75, 3.05) is 6.54 Å². The minimum atomic E-state index is -4.40. The Bertz CT molecular complexity index is 678. The van der Waals surface area contributed by atoms with Crippen molar-refractivity contribution in [3.8, 4) is 0 Å². The zero-order valence-electron chi connectivity index (χ0n) is 11.7. The van der Waals surface area contributed by atoms with Gasteiger partial charge < -0.3 is 5.32 Å². The molecular weight excluding hydrogens is 291 g/mol. The molecule has 0 aromatic heterocycles. The average molecular weight is 305 g/mol. The van der Waals surface area contributed by atoms with Crippen LogP contribution in [0.3, 0.4) is 0 Å². The van der Waals surface area contributed by atoms with E-state index in [2.05, 4.69) is 11.9 Å². The summed E-state index contributed by atoms with van der Waals surface area (Å²) in [6, 6.07) is 13.4. The van der Waals surface area contributed by atoms with Gasteiger partial charge in [-0.2, -0.15) is 13.2 Å². The van der Waals surface area contributed by atoms with Gasteiger partial charge in [0.05, 0.1) is 5.56 Å². The molecule has 0 saturated carbocycles. The van der Waals surface area contributed by atoms with E-state index in [9.17, 15) is 18.0 Å². The van der Waals surface area contributed by atoms with Crippen LogP contribution in [0.5, 0.6) is 0 Å². The number of hydrogen-bond acceptors (Lipinski definition) is 1. The van der Waals surface area contributed by atoms with Gasteiger partial charge in [-0.1, -0.05) is 36.9 Å². The molecule has 2 aromatic rings. The maximum absolute atomic E-state index is 12.7. The van der Waals surface area contributed by atoms with Crippen molar-refractivity contribution in [2.24, 2.45) is 0 Å². The first-order valence-corrected chi connectivity index (χ1v) is 6.56. The lowest BCUT2D eigenvalue weighted by Crippen LogP contribution is -2.25. The Morgan fingerprint density at radius 3 is 2.27 bits per heavy atom. The van der Waals surface area contributed by atoms with E-state index in [1.807, 2.05) is 0 Å². The smallest absolute Gasteiger partial charge is 0.348 e. The third-order valence-corrected chi connectivity index (χ3v) is 3.10. The Labute approximate surface area is 126 Å². The molecule has 0 fully saturated rings. The average Bonchev–Trinajstić information content (AvgIpc) is 2.52. The number of hydrogen-bond donors (Lipinski definition) is 1. The fraction of sp³-hybridized carbons (Fsp3) is 0.118. The first-order valence-electron chi connectivity index (χ1n) is 6.56. The quantitative estimate of drug-likeness (QED) is 0.903. The zero-order chi connectivity index (χ0) is 16.2. The lowest BCUT2D eigenvalue weighted by molar-refractivity contribution is -0.137. The summed E-state index contributed by atoms with van der Waals surface area (Å²) in [5.41, 5.74) is 0.512. The van der Waals surface area contributed by atoms with Crippen LogP contribution in [0.4, 0.5) is 13.2 Å². The van der Waals surface area contributed by atoms with E-state index in [0.29, 0.717) is 16.7 Å². The second-order valence-electron chi connectivity index (χ2n) is 4.73. The molecule has 0 saturated heterocycles. The van der Waals surface area contributed by atoms with Crippen LogP contribution in [0, 0.1) is 0 Å². The maximum atomic E-state index is 12.7. The molecule has 2 rings (SSSR count). The molecule has 1 amide bonds. The molecule has 0 aliphatic heterocycles. The van der Waals surface area contributed by atoms with Gasteiger partial charge in [-0.25, -0.2) is 0 Å². The van der Waals surface area contributed by atoms with Crippen molar-refractivity contribution in [3.05, 3.63) is 77.9 Å². The van der Waals surface area contributed by atoms with Crippen LogP contribution >= 0.6 is 0 Å². The number of nitrogens with one attached hydrogen (secondary N) is 1. The van der Waals surface area contributed by atoms with Gasteiger partial charge in [0.25, 0.3) is 5.91 Å². The lowest BCUT2D eigenvalue weighted by Gasteiger charge is -2.11. The molecule has 22 heavy (non-hydrogen) atoms. The Balaban J connectivity index is 2.03. The number of rotatable bonds is 4. The van der Waals surface area contributed by atoms with E-state index in [1.54, 1.807) is 30.3 Å². The molecule has 5 heteroatoms. The monoisotopic (exact) mass is 305 g/mol. The molecule has 0 atom stereocenters. The van der Waals surface area contributed by atoms with E-state index in [0.717, 1.165) is 12.1 Å². The van der Waals surface area contributed by atoms with Gasteiger partial charge in [0.2, 0.25) is 0 Å². The molecule has 0 unspecified atom stereocenters. The predicted octanol–water partition coefficient (Wildman–Crippen LogP) is 4.15. The Hall–Kier alpha value is -2.56. The summed E-state index contributed by atoms with van der Waals surface area (Å²) in [7, 11) is 0. The SMILES string of the molecule is C=C(CNC(=O)c1ccccc1)c1cccc(C(F)(F)F)c1. The molecule has 0 aliphatic carbocycles. The fourth-order valence-corrected chi connectivity index (χ4v) is 1.90. The molecule has 0 heterocycles. The minimum Gasteiger partial charge on any atom is -0.348 e. The van der Waals surface area contributed by atoms with Crippen molar-refractivity contribution in [1.29, 1.82) is 0 Å². The number of carbonyl (C=O) groups is 1. The van der Waals surface area contributed by atoms with Crippen LogP contribution in [0.1, 0.15) is 21.5 Å². The Kier molecular flexibility index (Phi) is 4.65. The largest absolute Gasteiger partial charge is 0.416 e. The fourth-order valence-electron chi connectivity index (χ4n) is 1.90. The highest BCUT2D eigenvalue weighted by molar-refractivity contribution is 5.94. The van der Waals surface area contributed by atoms with Crippen LogP contribution in [0.2, 0.25) is 0 Å². The summed E-state index contributed by atoms with van der Waals surface area (Å²) in [4.78, 5) is 11.9. The van der Waals surface area contributed by atoms with Crippen molar-refractivity contribution in [2.45, 2.75) is 6.18 Å². The molecule has 114 valence electrons. The zero-order valence-corrected chi connectivity index (χ0v) is 11.7. The van der Waals surface area contributed by atoms with Crippen molar-refractivity contribution in [3.63, 3.8) is 0 Å². The highest BCUT2D eigenvalue weighted by atomic mass is 19.4. The molecule has 2 aromatic carbocycles.